The fraction of sp³-hybridized carbons (Fsp3) is 0.917. The number of nitro groups is 1. The van der Waals surface area contributed by atoms with Crippen molar-refractivity contribution in [2.45, 2.75) is 62.1 Å². The summed E-state index contributed by atoms with van der Waals surface area (Å²) >= 11 is 0. The number of carbonyl (C=O) groups excluding carboxylic acids is 1. The summed E-state index contributed by atoms with van der Waals surface area (Å²) in [6.07, 6.45) is 3.03. The van der Waals surface area contributed by atoms with Crippen molar-refractivity contribution < 1.29 is 14.8 Å². The van der Waals surface area contributed by atoms with Gasteiger partial charge >= 0.3 is 0 Å². The minimum Gasteiger partial charge on any atom is -0.390 e. The zero-order valence-electron chi connectivity index (χ0n) is 10.4. The van der Waals surface area contributed by atoms with Gasteiger partial charge in [-0.25, -0.2) is 0 Å². The second-order valence-electron chi connectivity index (χ2n) is 6.68. The lowest BCUT2D eigenvalue weighted by molar-refractivity contribution is -0.593. The maximum atomic E-state index is 11.4. The molecule has 0 aliphatic heterocycles. The van der Waals surface area contributed by atoms with Crippen LogP contribution in [0.25, 0.3) is 0 Å². The van der Waals surface area contributed by atoms with Gasteiger partial charge in [0.2, 0.25) is 11.4 Å². The predicted octanol–water partition coefficient (Wildman–Crippen LogP) is 0.605. The van der Waals surface area contributed by atoms with Gasteiger partial charge in [0.25, 0.3) is 0 Å². The third-order valence-corrected chi connectivity index (χ3v) is 4.84. The lowest BCUT2D eigenvalue weighted by Gasteiger charge is -2.61. The van der Waals surface area contributed by atoms with Crippen LogP contribution in [0.2, 0.25) is 0 Å². The number of nitrogens with one attached hydrogen (secondary N) is 1. The van der Waals surface area contributed by atoms with Crippen LogP contribution in [-0.2, 0) is 4.79 Å². The molecule has 1 amide bonds. The van der Waals surface area contributed by atoms with Crippen LogP contribution >= 0.6 is 0 Å². The standard InChI is InChI=1S/C12H18N2O4/c1-8(15)13-10-2-9-3-11(5-10,14(17)18)7-12(16,4-9)6-10/h9,16H,2-7H2,1H3,(H,13,15). The van der Waals surface area contributed by atoms with E-state index in [1.54, 1.807) is 0 Å². The van der Waals surface area contributed by atoms with Gasteiger partial charge in [-0.3, -0.25) is 14.9 Å². The Hall–Kier alpha value is -1.17. The number of amides is 1. The molecule has 6 heteroatoms. The van der Waals surface area contributed by atoms with Crippen LogP contribution in [0.15, 0.2) is 0 Å². The molecule has 0 saturated heterocycles. The summed E-state index contributed by atoms with van der Waals surface area (Å²) in [4.78, 5) is 22.5. The zero-order chi connectivity index (χ0) is 13.2. The molecule has 4 bridgehead atoms. The normalized spacial score (nSPS) is 49.1. The average Bonchev–Trinajstić information content (AvgIpc) is 2.09. The van der Waals surface area contributed by atoms with E-state index in [1.807, 2.05) is 0 Å². The largest absolute Gasteiger partial charge is 0.390 e. The van der Waals surface area contributed by atoms with E-state index < -0.39 is 16.7 Å². The molecule has 4 unspecified atom stereocenters. The van der Waals surface area contributed by atoms with Crippen molar-refractivity contribution in [1.29, 1.82) is 0 Å². The average molecular weight is 254 g/mol. The first-order valence-corrected chi connectivity index (χ1v) is 6.42. The Kier molecular flexibility index (Phi) is 2.13. The molecule has 4 aliphatic carbocycles. The van der Waals surface area contributed by atoms with E-state index in [9.17, 15) is 20.0 Å². The highest BCUT2D eigenvalue weighted by atomic mass is 16.6. The van der Waals surface area contributed by atoms with Crippen LogP contribution in [-0.4, -0.2) is 32.6 Å². The van der Waals surface area contributed by atoms with E-state index in [0.29, 0.717) is 25.7 Å². The van der Waals surface area contributed by atoms with E-state index in [4.69, 9.17) is 0 Å². The van der Waals surface area contributed by atoms with E-state index in [1.165, 1.54) is 6.92 Å². The van der Waals surface area contributed by atoms with Gasteiger partial charge in [0.05, 0.1) is 5.60 Å². The van der Waals surface area contributed by atoms with E-state index in [-0.39, 0.29) is 23.2 Å². The molecule has 0 radical (unpaired) electrons. The van der Waals surface area contributed by atoms with Gasteiger partial charge in [-0.2, -0.15) is 0 Å². The van der Waals surface area contributed by atoms with Crippen LogP contribution in [0.1, 0.15) is 45.4 Å². The van der Waals surface area contributed by atoms with Gasteiger partial charge in [0.15, 0.2) is 0 Å². The molecular weight excluding hydrogens is 236 g/mol. The molecule has 4 aliphatic rings. The molecule has 100 valence electrons. The molecule has 4 atom stereocenters. The number of rotatable bonds is 2. The lowest BCUT2D eigenvalue weighted by atomic mass is 9.48. The minimum absolute atomic E-state index is 0.156. The molecule has 4 rings (SSSR count). The Labute approximate surface area is 105 Å². The summed E-state index contributed by atoms with van der Waals surface area (Å²) < 4.78 is 0. The number of hydrogen-bond donors (Lipinski definition) is 2. The molecule has 0 aromatic carbocycles. The smallest absolute Gasteiger partial charge is 0.227 e. The van der Waals surface area contributed by atoms with Crippen LogP contribution in [0.4, 0.5) is 0 Å². The summed E-state index contributed by atoms with van der Waals surface area (Å²) in [5.41, 5.74) is -2.56. The molecule has 2 N–H and O–H groups in total. The van der Waals surface area contributed by atoms with Crippen molar-refractivity contribution >= 4 is 5.91 Å². The Morgan fingerprint density at radius 1 is 1.33 bits per heavy atom. The second kappa shape index (κ2) is 3.23. The van der Waals surface area contributed by atoms with Crippen molar-refractivity contribution in [2.24, 2.45) is 5.92 Å². The Balaban J connectivity index is 2.00. The van der Waals surface area contributed by atoms with Gasteiger partial charge in [-0.05, 0) is 25.2 Å². The number of hydrogen-bond acceptors (Lipinski definition) is 4. The Morgan fingerprint density at radius 2 is 2.06 bits per heavy atom. The predicted molar refractivity (Wildman–Crippen MR) is 62.4 cm³/mol. The summed E-state index contributed by atoms with van der Waals surface area (Å²) in [6.45, 7) is 1.43. The SMILES string of the molecule is CC(=O)NC12CC3CC(O)(C1)CC([N+](=O)[O-])(C3)C2. The van der Waals surface area contributed by atoms with Gasteiger partial charge < -0.3 is 10.4 Å². The van der Waals surface area contributed by atoms with Gasteiger partial charge in [0.1, 0.15) is 0 Å². The molecule has 4 saturated carbocycles. The third-order valence-electron chi connectivity index (χ3n) is 4.84. The molecule has 6 nitrogen and oxygen atoms in total. The maximum absolute atomic E-state index is 11.4. The highest BCUT2D eigenvalue weighted by molar-refractivity contribution is 5.74. The summed E-state index contributed by atoms with van der Waals surface area (Å²) in [6, 6.07) is 0. The van der Waals surface area contributed by atoms with Crippen LogP contribution in [0.5, 0.6) is 0 Å². The van der Waals surface area contributed by atoms with Crippen molar-refractivity contribution in [3.8, 4) is 0 Å². The van der Waals surface area contributed by atoms with Crippen molar-refractivity contribution in [2.75, 3.05) is 0 Å². The van der Waals surface area contributed by atoms with Crippen LogP contribution in [0.3, 0.4) is 0 Å². The Bertz CT molecular complexity index is 440. The van der Waals surface area contributed by atoms with Gasteiger partial charge in [-0.15, -0.1) is 0 Å². The highest BCUT2D eigenvalue weighted by Crippen LogP contribution is 2.60. The van der Waals surface area contributed by atoms with Crippen molar-refractivity contribution in [1.82, 2.24) is 5.32 Å². The zero-order valence-corrected chi connectivity index (χ0v) is 10.4. The number of carbonyl (C=O) groups is 1. The fourth-order valence-corrected chi connectivity index (χ4v) is 5.05. The molecule has 0 aromatic rings. The minimum atomic E-state index is -1.03. The topological polar surface area (TPSA) is 92.5 Å². The van der Waals surface area contributed by atoms with Crippen molar-refractivity contribution in [3.05, 3.63) is 10.1 Å². The summed E-state index contributed by atoms with van der Waals surface area (Å²) in [5.74, 6) is -0.0115. The van der Waals surface area contributed by atoms with Crippen molar-refractivity contribution in [3.63, 3.8) is 0 Å². The second-order valence-corrected chi connectivity index (χ2v) is 6.68. The van der Waals surface area contributed by atoms with Crippen LogP contribution in [0, 0.1) is 16.0 Å². The molecule has 0 spiro atoms. The molecule has 18 heavy (non-hydrogen) atoms. The lowest BCUT2D eigenvalue weighted by Crippen LogP contribution is -2.72. The third kappa shape index (κ3) is 1.55. The molecular formula is C12H18N2O4. The maximum Gasteiger partial charge on any atom is 0.227 e. The molecule has 4 fully saturated rings. The van der Waals surface area contributed by atoms with Gasteiger partial charge in [0, 0.05) is 36.6 Å². The first-order valence-electron chi connectivity index (χ1n) is 6.42. The summed E-state index contributed by atoms with van der Waals surface area (Å²) in [7, 11) is 0. The Morgan fingerprint density at radius 3 is 2.61 bits per heavy atom. The monoisotopic (exact) mass is 254 g/mol. The quantitative estimate of drug-likeness (QED) is 0.557. The molecule has 0 heterocycles. The van der Waals surface area contributed by atoms with Gasteiger partial charge in [-0.1, -0.05) is 0 Å². The van der Waals surface area contributed by atoms with E-state index in [2.05, 4.69) is 5.32 Å². The van der Waals surface area contributed by atoms with E-state index >= 15 is 0 Å². The highest BCUT2D eigenvalue weighted by Gasteiger charge is 2.69. The fourth-order valence-electron chi connectivity index (χ4n) is 5.05. The van der Waals surface area contributed by atoms with Crippen LogP contribution < -0.4 is 5.32 Å². The summed E-state index contributed by atoms with van der Waals surface area (Å²) in [5, 5.41) is 24.8. The van der Waals surface area contributed by atoms with E-state index in [0.717, 1.165) is 6.42 Å². The number of nitrogens with zero attached hydrogens (tertiary/aromatic N) is 1. The molecule has 0 aromatic heterocycles. The first-order chi connectivity index (χ1) is 8.27. The first kappa shape index (κ1) is 11.9. The number of aliphatic hydroxyl groups is 1.